The molecular weight excluding hydrogens is 312 g/mol. The Morgan fingerprint density at radius 3 is 2.78 bits per heavy atom. The summed E-state index contributed by atoms with van der Waals surface area (Å²) in [6, 6.07) is 11.1. The van der Waals surface area contributed by atoms with Gasteiger partial charge in [-0.2, -0.15) is 0 Å². The Morgan fingerprint density at radius 1 is 1.22 bits per heavy atom. The van der Waals surface area contributed by atoms with E-state index in [0.29, 0.717) is 17.3 Å². The third-order valence-corrected chi connectivity index (χ3v) is 3.28. The highest BCUT2D eigenvalue weighted by Crippen LogP contribution is 2.31. The monoisotopic (exact) mass is 326 g/mol. The van der Waals surface area contributed by atoms with E-state index in [9.17, 15) is 0 Å². The zero-order valence-electron chi connectivity index (χ0n) is 12.4. The number of hydrogen-bond acceptors (Lipinski definition) is 5. The number of fused-ring (bicyclic) bond motifs is 1. The van der Waals surface area contributed by atoms with Gasteiger partial charge in [-0.3, -0.25) is 0 Å². The number of halogens is 1. The summed E-state index contributed by atoms with van der Waals surface area (Å²) in [6.45, 7) is 0. The van der Waals surface area contributed by atoms with E-state index in [1.165, 1.54) is 6.33 Å². The topological polar surface area (TPSA) is 73.1 Å². The van der Waals surface area contributed by atoms with Gasteiger partial charge in [0.1, 0.15) is 17.9 Å². The van der Waals surface area contributed by atoms with Gasteiger partial charge in [-0.15, -0.1) is 18.8 Å². The Morgan fingerprint density at radius 2 is 2.04 bits per heavy atom. The molecule has 23 heavy (non-hydrogen) atoms. The molecule has 0 aliphatic rings. The highest BCUT2D eigenvalue weighted by Gasteiger charge is 2.08. The van der Waals surface area contributed by atoms with Gasteiger partial charge in [0.05, 0.1) is 18.3 Å². The molecule has 5 nitrogen and oxygen atoms in total. The van der Waals surface area contributed by atoms with Crippen LogP contribution in [0.5, 0.6) is 5.75 Å². The summed E-state index contributed by atoms with van der Waals surface area (Å²) in [6.07, 6.45) is 6.91. The number of nitrogens with two attached hydrogens (primary N) is 1. The molecule has 1 heterocycles. The summed E-state index contributed by atoms with van der Waals surface area (Å²) in [5.41, 5.74) is 8.90. The number of anilines is 3. The van der Waals surface area contributed by atoms with Crippen molar-refractivity contribution in [1.29, 1.82) is 0 Å². The van der Waals surface area contributed by atoms with Crippen LogP contribution in [-0.4, -0.2) is 17.1 Å². The Labute approximate surface area is 140 Å². The molecule has 0 unspecified atom stereocenters. The van der Waals surface area contributed by atoms with E-state index < -0.39 is 0 Å². The smallest absolute Gasteiger partial charge is 0.143 e. The lowest BCUT2D eigenvalue weighted by atomic mass is 10.1. The lowest BCUT2D eigenvalue weighted by Crippen LogP contribution is -1.98. The number of nitrogens with one attached hydrogen (secondary N) is 1. The molecule has 0 aliphatic carbocycles. The lowest BCUT2D eigenvalue weighted by molar-refractivity contribution is 0.417. The van der Waals surface area contributed by atoms with E-state index >= 15 is 0 Å². The van der Waals surface area contributed by atoms with E-state index in [4.69, 9.17) is 16.9 Å². The van der Waals surface area contributed by atoms with Crippen LogP contribution in [0, 0.1) is 12.3 Å². The van der Waals surface area contributed by atoms with Crippen molar-refractivity contribution < 1.29 is 4.74 Å². The molecule has 6 heteroatoms. The maximum atomic E-state index is 5.97. The Hall–Kier alpha value is -2.97. The van der Waals surface area contributed by atoms with Crippen LogP contribution < -0.4 is 15.8 Å². The van der Waals surface area contributed by atoms with Crippen LogP contribution in [0.1, 0.15) is 5.56 Å². The predicted octanol–water partition coefficient (Wildman–Crippen LogP) is 3.37. The number of terminal acetylenes is 1. The van der Waals surface area contributed by atoms with Crippen LogP contribution in [0.25, 0.3) is 10.9 Å². The van der Waals surface area contributed by atoms with Gasteiger partial charge >= 0.3 is 0 Å². The van der Waals surface area contributed by atoms with Crippen molar-refractivity contribution in [3.63, 3.8) is 0 Å². The molecule has 0 atom stereocenters. The van der Waals surface area contributed by atoms with Crippen LogP contribution in [0.3, 0.4) is 0 Å². The van der Waals surface area contributed by atoms with Gasteiger partial charge in [0.2, 0.25) is 0 Å². The van der Waals surface area contributed by atoms with Crippen LogP contribution in [-0.2, 0) is 0 Å². The van der Waals surface area contributed by atoms with Gasteiger partial charge in [0, 0.05) is 22.7 Å². The van der Waals surface area contributed by atoms with E-state index in [-0.39, 0.29) is 12.4 Å². The standard InChI is InChI=1S/C17H14N4O.ClH/c1-3-11-5-4-6-12(7-11)21-17-13-8-14(18)16(22-2)9-15(13)19-10-20-17;/h1,4-10H,18H2,2H3,(H,19,20,21);1H. The first-order valence-electron chi connectivity index (χ1n) is 6.63. The van der Waals surface area contributed by atoms with E-state index in [1.807, 2.05) is 24.3 Å². The number of aromatic nitrogens is 2. The van der Waals surface area contributed by atoms with Crippen molar-refractivity contribution in [3.05, 3.63) is 48.3 Å². The zero-order chi connectivity index (χ0) is 15.5. The van der Waals surface area contributed by atoms with Crippen LogP contribution in [0.4, 0.5) is 17.2 Å². The van der Waals surface area contributed by atoms with Gasteiger partial charge in [-0.25, -0.2) is 9.97 Å². The molecule has 0 saturated carbocycles. The van der Waals surface area contributed by atoms with Gasteiger partial charge in [0.15, 0.2) is 0 Å². The highest BCUT2D eigenvalue weighted by atomic mass is 35.5. The van der Waals surface area contributed by atoms with Crippen molar-refractivity contribution >= 4 is 40.5 Å². The van der Waals surface area contributed by atoms with Gasteiger partial charge < -0.3 is 15.8 Å². The fraction of sp³-hybridized carbons (Fsp3) is 0.0588. The Bertz CT molecular complexity index is 889. The summed E-state index contributed by atoms with van der Waals surface area (Å²) >= 11 is 0. The first-order chi connectivity index (χ1) is 10.7. The SMILES string of the molecule is C#Cc1cccc(Nc2ncnc3cc(OC)c(N)cc23)c1.Cl. The number of methoxy groups -OCH3 is 1. The first kappa shape index (κ1) is 16.4. The number of hydrogen-bond donors (Lipinski definition) is 2. The normalized spacial score (nSPS) is 9.74. The van der Waals surface area contributed by atoms with Crippen LogP contribution >= 0.6 is 12.4 Å². The Balaban J connectivity index is 0.00000192. The summed E-state index contributed by atoms with van der Waals surface area (Å²) in [4.78, 5) is 8.53. The molecule has 116 valence electrons. The molecule has 0 saturated heterocycles. The largest absolute Gasteiger partial charge is 0.495 e. The average Bonchev–Trinajstić information content (AvgIpc) is 2.55. The molecule has 0 amide bonds. The molecule has 0 aliphatic heterocycles. The average molecular weight is 327 g/mol. The van der Waals surface area contributed by atoms with Crippen molar-refractivity contribution in [2.24, 2.45) is 0 Å². The number of ether oxygens (including phenoxy) is 1. The molecule has 2 aromatic carbocycles. The second kappa shape index (κ2) is 6.86. The maximum Gasteiger partial charge on any atom is 0.143 e. The third kappa shape index (κ3) is 3.28. The second-order valence-corrected chi connectivity index (χ2v) is 4.68. The quantitative estimate of drug-likeness (QED) is 0.570. The molecule has 0 radical (unpaired) electrons. The van der Waals surface area contributed by atoms with Crippen molar-refractivity contribution in [2.75, 3.05) is 18.2 Å². The fourth-order valence-corrected chi connectivity index (χ4v) is 2.20. The fourth-order valence-electron chi connectivity index (χ4n) is 2.20. The number of rotatable bonds is 3. The van der Waals surface area contributed by atoms with Crippen LogP contribution in [0.2, 0.25) is 0 Å². The maximum absolute atomic E-state index is 5.97. The first-order valence-corrected chi connectivity index (χ1v) is 6.63. The number of benzene rings is 2. The molecule has 0 spiro atoms. The molecule has 0 bridgehead atoms. The van der Waals surface area contributed by atoms with E-state index in [1.54, 1.807) is 19.2 Å². The summed E-state index contributed by atoms with van der Waals surface area (Å²) in [5.74, 6) is 3.86. The minimum atomic E-state index is 0. The minimum Gasteiger partial charge on any atom is -0.495 e. The van der Waals surface area contributed by atoms with Crippen LogP contribution in [0.15, 0.2) is 42.7 Å². The molecular formula is C17H15ClN4O. The van der Waals surface area contributed by atoms with Crippen molar-refractivity contribution in [2.45, 2.75) is 0 Å². The minimum absolute atomic E-state index is 0. The van der Waals surface area contributed by atoms with Gasteiger partial charge in [-0.1, -0.05) is 12.0 Å². The molecule has 3 aromatic rings. The summed E-state index contributed by atoms with van der Waals surface area (Å²) in [5, 5.41) is 4.06. The van der Waals surface area contributed by atoms with Gasteiger partial charge in [-0.05, 0) is 24.3 Å². The summed E-state index contributed by atoms with van der Waals surface area (Å²) < 4.78 is 5.21. The third-order valence-electron chi connectivity index (χ3n) is 3.28. The molecule has 0 fully saturated rings. The molecule has 1 aromatic heterocycles. The number of nitrogens with zero attached hydrogens (tertiary/aromatic N) is 2. The predicted molar refractivity (Wildman–Crippen MR) is 95.4 cm³/mol. The van der Waals surface area contributed by atoms with E-state index in [2.05, 4.69) is 21.2 Å². The Kier molecular flexibility index (Phi) is 4.89. The van der Waals surface area contributed by atoms with Crippen molar-refractivity contribution in [1.82, 2.24) is 9.97 Å². The number of nitrogen functional groups attached to an aromatic ring is 1. The van der Waals surface area contributed by atoms with Crippen molar-refractivity contribution in [3.8, 4) is 18.1 Å². The molecule has 3 rings (SSSR count). The zero-order valence-corrected chi connectivity index (χ0v) is 13.2. The van der Waals surface area contributed by atoms with E-state index in [0.717, 1.165) is 22.2 Å². The highest BCUT2D eigenvalue weighted by molar-refractivity contribution is 5.94. The van der Waals surface area contributed by atoms with Gasteiger partial charge in [0.25, 0.3) is 0 Å². The second-order valence-electron chi connectivity index (χ2n) is 4.68. The molecule has 3 N–H and O–H groups in total. The summed E-state index contributed by atoms with van der Waals surface area (Å²) in [7, 11) is 1.57. The lowest BCUT2D eigenvalue weighted by Gasteiger charge is -2.11.